The minimum atomic E-state index is -3.62. The standard InChI is InChI=1S/C11H13ClN4O2S/c1-16-7-8(5-14-16)6-15-19(17,18)9-2-3-11(13)10(12)4-9/h2-5,7,15H,6,13H2,1H3. The maximum absolute atomic E-state index is 12.0. The van der Waals surface area contributed by atoms with E-state index in [0.29, 0.717) is 5.69 Å². The van der Waals surface area contributed by atoms with Crippen LogP contribution in [0.4, 0.5) is 5.69 Å². The molecular weight excluding hydrogens is 288 g/mol. The molecule has 3 N–H and O–H groups in total. The average Bonchev–Trinajstić information content (AvgIpc) is 2.76. The number of nitrogens with zero attached hydrogens (tertiary/aromatic N) is 2. The number of hydrogen-bond donors (Lipinski definition) is 2. The van der Waals surface area contributed by atoms with Crippen molar-refractivity contribution in [2.24, 2.45) is 7.05 Å². The van der Waals surface area contributed by atoms with Crippen molar-refractivity contribution >= 4 is 27.3 Å². The lowest BCUT2D eigenvalue weighted by atomic mass is 10.3. The molecule has 0 aliphatic carbocycles. The zero-order valence-corrected chi connectivity index (χ0v) is 11.7. The lowest BCUT2D eigenvalue weighted by molar-refractivity contribution is 0.581. The number of nitrogens with one attached hydrogen (secondary N) is 1. The highest BCUT2D eigenvalue weighted by molar-refractivity contribution is 7.89. The van der Waals surface area contributed by atoms with Crippen molar-refractivity contribution in [1.29, 1.82) is 0 Å². The molecule has 0 bridgehead atoms. The number of aryl methyl sites for hydroxylation is 1. The van der Waals surface area contributed by atoms with Crippen LogP contribution in [0.25, 0.3) is 0 Å². The molecule has 2 aromatic rings. The average molecular weight is 301 g/mol. The van der Waals surface area contributed by atoms with E-state index in [0.717, 1.165) is 5.56 Å². The molecule has 0 aliphatic rings. The molecule has 0 aliphatic heterocycles. The van der Waals surface area contributed by atoms with Gasteiger partial charge in [0, 0.05) is 25.4 Å². The van der Waals surface area contributed by atoms with Crippen LogP contribution in [0.3, 0.4) is 0 Å². The normalized spacial score (nSPS) is 11.7. The molecule has 0 spiro atoms. The van der Waals surface area contributed by atoms with Crippen molar-refractivity contribution in [2.75, 3.05) is 5.73 Å². The van der Waals surface area contributed by atoms with E-state index < -0.39 is 10.0 Å². The van der Waals surface area contributed by atoms with Crippen LogP contribution in [-0.4, -0.2) is 18.2 Å². The first-order valence-corrected chi connectivity index (χ1v) is 7.27. The van der Waals surface area contributed by atoms with Gasteiger partial charge in [-0.15, -0.1) is 0 Å². The smallest absolute Gasteiger partial charge is 0.240 e. The van der Waals surface area contributed by atoms with Gasteiger partial charge in [-0.25, -0.2) is 13.1 Å². The van der Waals surface area contributed by atoms with E-state index in [1.165, 1.54) is 18.2 Å². The number of nitrogens with two attached hydrogens (primary N) is 1. The SMILES string of the molecule is Cn1cc(CNS(=O)(=O)c2ccc(N)c(Cl)c2)cn1. The summed E-state index contributed by atoms with van der Waals surface area (Å²) in [6.07, 6.45) is 3.33. The summed E-state index contributed by atoms with van der Waals surface area (Å²) in [5.41, 5.74) is 6.65. The monoisotopic (exact) mass is 300 g/mol. The lowest BCUT2D eigenvalue weighted by Crippen LogP contribution is -2.23. The topological polar surface area (TPSA) is 90.0 Å². The first kappa shape index (κ1) is 13.9. The van der Waals surface area contributed by atoms with E-state index in [2.05, 4.69) is 9.82 Å². The summed E-state index contributed by atoms with van der Waals surface area (Å²) < 4.78 is 28.1. The fourth-order valence-corrected chi connectivity index (χ4v) is 2.79. The minimum Gasteiger partial charge on any atom is -0.398 e. The molecule has 19 heavy (non-hydrogen) atoms. The van der Waals surface area contributed by atoms with Crippen LogP contribution in [0.1, 0.15) is 5.56 Å². The highest BCUT2D eigenvalue weighted by Crippen LogP contribution is 2.22. The van der Waals surface area contributed by atoms with Gasteiger partial charge in [0.15, 0.2) is 0 Å². The Morgan fingerprint density at radius 2 is 2.21 bits per heavy atom. The van der Waals surface area contributed by atoms with Crippen LogP contribution in [0.15, 0.2) is 35.5 Å². The van der Waals surface area contributed by atoms with Gasteiger partial charge in [-0.2, -0.15) is 5.10 Å². The third kappa shape index (κ3) is 3.25. The van der Waals surface area contributed by atoms with Gasteiger partial charge in [-0.05, 0) is 18.2 Å². The van der Waals surface area contributed by atoms with Gasteiger partial charge in [-0.1, -0.05) is 11.6 Å². The minimum absolute atomic E-state index is 0.0793. The number of nitrogen functional groups attached to an aromatic ring is 1. The molecule has 8 heteroatoms. The number of sulfonamides is 1. The molecule has 0 amide bonds. The van der Waals surface area contributed by atoms with E-state index >= 15 is 0 Å². The largest absolute Gasteiger partial charge is 0.398 e. The molecule has 6 nitrogen and oxygen atoms in total. The second-order valence-electron chi connectivity index (χ2n) is 4.03. The molecule has 1 aromatic heterocycles. The van der Waals surface area contributed by atoms with E-state index in [9.17, 15) is 8.42 Å². The van der Waals surface area contributed by atoms with Crippen molar-refractivity contribution < 1.29 is 8.42 Å². The Kier molecular flexibility index (Phi) is 3.79. The van der Waals surface area contributed by atoms with Gasteiger partial charge in [0.25, 0.3) is 0 Å². The summed E-state index contributed by atoms with van der Waals surface area (Å²) in [5.74, 6) is 0. The van der Waals surface area contributed by atoms with Gasteiger partial charge in [0.1, 0.15) is 0 Å². The van der Waals surface area contributed by atoms with Crippen LogP contribution in [-0.2, 0) is 23.6 Å². The van der Waals surface area contributed by atoms with Gasteiger partial charge in [0.2, 0.25) is 10.0 Å². The number of halogens is 1. The molecule has 102 valence electrons. The summed E-state index contributed by atoms with van der Waals surface area (Å²) >= 11 is 5.81. The van der Waals surface area contributed by atoms with E-state index in [-0.39, 0.29) is 16.5 Å². The summed E-state index contributed by atoms with van der Waals surface area (Å²) in [6.45, 7) is 0.165. The molecule has 2 rings (SSSR count). The Bertz CT molecular complexity index is 696. The Balaban J connectivity index is 2.16. The van der Waals surface area contributed by atoms with Gasteiger partial charge >= 0.3 is 0 Å². The molecule has 0 radical (unpaired) electrons. The zero-order chi connectivity index (χ0) is 14.0. The predicted octanol–water partition coefficient (Wildman–Crippen LogP) is 1.13. The van der Waals surface area contributed by atoms with Crippen LogP contribution < -0.4 is 10.5 Å². The quantitative estimate of drug-likeness (QED) is 0.828. The maximum atomic E-state index is 12.0. The second-order valence-corrected chi connectivity index (χ2v) is 6.20. The van der Waals surface area contributed by atoms with E-state index in [4.69, 9.17) is 17.3 Å². The van der Waals surface area contributed by atoms with Gasteiger partial charge < -0.3 is 5.73 Å². The number of anilines is 1. The van der Waals surface area contributed by atoms with Crippen LogP contribution >= 0.6 is 11.6 Å². The molecule has 0 saturated carbocycles. The van der Waals surface area contributed by atoms with Gasteiger partial charge in [0.05, 0.1) is 21.8 Å². The summed E-state index contributed by atoms with van der Waals surface area (Å²) in [7, 11) is -1.85. The van der Waals surface area contributed by atoms with Crippen LogP contribution in [0, 0.1) is 0 Å². The van der Waals surface area contributed by atoms with Crippen molar-refractivity contribution in [2.45, 2.75) is 11.4 Å². The molecule has 0 unspecified atom stereocenters. The van der Waals surface area contributed by atoms with E-state index in [1.54, 1.807) is 24.1 Å². The zero-order valence-electron chi connectivity index (χ0n) is 10.2. The number of hydrogen-bond acceptors (Lipinski definition) is 4. The maximum Gasteiger partial charge on any atom is 0.240 e. The molecule has 0 fully saturated rings. The highest BCUT2D eigenvalue weighted by Gasteiger charge is 2.15. The number of benzene rings is 1. The first-order valence-electron chi connectivity index (χ1n) is 5.41. The lowest BCUT2D eigenvalue weighted by Gasteiger charge is -2.07. The van der Waals surface area contributed by atoms with E-state index in [1.807, 2.05) is 0 Å². The first-order chi connectivity index (χ1) is 8.88. The summed E-state index contributed by atoms with van der Waals surface area (Å²) in [6, 6.07) is 4.19. The summed E-state index contributed by atoms with van der Waals surface area (Å²) in [5, 5.41) is 4.17. The Morgan fingerprint density at radius 3 is 2.79 bits per heavy atom. The Hall–Kier alpha value is -1.57. The molecule has 0 saturated heterocycles. The van der Waals surface area contributed by atoms with Crippen LogP contribution in [0.2, 0.25) is 5.02 Å². The number of rotatable bonds is 4. The third-order valence-corrected chi connectivity index (χ3v) is 4.23. The van der Waals surface area contributed by atoms with Gasteiger partial charge in [-0.3, -0.25) is 4.68 Å². The Morgan fingerprint density at radius 1 is 1.47 bits per heavy atom. The molecular formula is C11H13ClN4O2S. The summed E-state index contributed by atoms with van der Waals surface area (Å²) in [4.78, 5) is 0.0793. The Labute approximate surface area is 116 Å². The third-order valence-electron chi connectivity index (χ3n) is 2.51. The molecule has 1 heterocycles. The fraction of sp³-hybridized carbons (Fsp3) is 0.182. The fourth-order valence-electron chi connectivity index (χ4n) is 1.50. The predicted molar refractivity (Wildman–Crippen MR) is 73.1 cm³/mol. The van der Waals surface area contributed by atoms with Crippen molar-refractivity contribution in [3.8, 4) is 0 Å². The van der Waals surface area contributed by atoms with Crippen molar-refractivity contribution in [1.82, 2.24) is 14.5 Å². The highest BCUT2D eigenvalue weighted by atomic mass is 35.5. The van der Waals surface area contributed by atoms with Crippen molar-refractivity contribution in [3.63, 3.8) is 0 Å². The second kappa shape index (κ2) is 5.20. The number of aromatic nitrogens is 2. The molecule has 0 atom stereocenters. The molecule has 1 aromatic carbocycles. The van der Waals surface area contributed by atoms with Crippen molar-refractivity contribution in [3.05, 3.63) is 41.2 Å². The van der Waals surface area contributed by atoms with Crippen LogP contribution in [0.5, 0.6) is 0 Å².